The van der Waals surface area contributed by atoms with Crippen molar-refractivity contribution < 1.29 is 4.79 Å². The summed E-state index contributed by atoms with van der Waals surface area (Å²) in [7, 11) is 1.92. The molecule has 2 heterocycles. The number of hydrogen-bond acceptors (Lipinski definition) is 3. The Kier molecular flexibility index (Phi) is 3.14. The number of nitrogens with zero attached hydrogens (tertiary/aromatic N) is 2. The summed E-state index contributed by atoms with van der Waals surface area (Å²) < 4.78 is 0. The van der Waals surface area contributed by atoms with Gasteiger partial charge < -0.3 is 10.2 Å². The average Bonchev–Trinajstić information content (AvgIpc) is 2.67. The molecule has 0 bridgehead atoms. The minimum Gasteiger partial charge on any atom is -0.317 e. The molecule has 1 aliphatic carbocycles. The van der Waals surface area contributed by atoms with E-state index in [-0.39, 0.29) is 5.91 Å². The predicted octanol–water partition coefficient (Wildman–Crippen LogP) is 1.56. The van der Waals surface area contributed by atoms with Crippen molar-refractivity contribution in [2.75, 3.05) is 20.1 Å². The van der Waals surface area contributed by atoms with Gasteiger partial charge in [-0.1, -0.05) is 19.3 Å². The highest BCUT2D eigenvalue weighted by atomic mass is 16.2. The highest BCUT2D eigenvalue weighted by Crippen LogP contribution is 2.36. The van der Waals surface area contributed by atoms with E-state index in [2.05, 4.69) is 5.32 Å². The molecule has 1 N–H and O–H groups in total. The number of amidine groups is 1. The van der Waals surface area contributed by atoms with Crippen LogP contribution in [0.3, 0.4) is 0 Å². The maximum absolute atomic E-state index is 12.5. The van der Waals surface area contributed by atoms with E-state index >= 15 is 0 Å². The van der Waals surface area contributed by atoms with Gasteiger partial charge in [-0.3, -0.25) is 9.79 Å². The molecular formula is C14H23N3O. The first-order valence-electron chi connectivity index (χ1n) is 7.32. The molecule has 1 amide bonds. The van der Waals surface area contributed by atoms with Crippen LogP contribution in [-0.4, -0.2) is 42.3 Å². The molecule has 3 aliphatic rings. The third kappa shape index (κ3) is 1.87. The quantitative estimate of drug-likeness (QED) is 0.766. The second-order valence-electron chi connectivity index (χ2n) is 5.95. The van der Waals surface area contributed by atoms with E-state index in [9.17, 15) is 4.79 Å². The zero-order chi connectivity index (χ0) is 12.6. The summed E-state index contributed by atoms with van der Waals surface area (Å²) in [5, 5.41) is 3.33. The lowest BCUT2D eigenvalue weighted by Gasteiger charge is -2.29. The molecule has 4 heteroatoms. The molecule has 2 aliphatic heterocycles. The van der Waals surface area contributed by atoms with Crippen molar-refractivity contribution in [2.24, 2.45) is 10.9 Å². The number of carbonyl (C=O) groups is 1. The molecule has 0 aromatic carbocycles. The van der Waals surface area contributed by atoms with Gasteiger partial charge in [-0.05, 0) is 38.8 Å². The molecule has 3 rings (SSSR count). The van der Waals surface area contributed by atoms with Crippen LogP contribution in [-0.2, 0) is 4.79 Å². The van der Waals surface area contributed by atoms with Crippen molar-refractivity contribution in [3.05, 3.63) is 0 Å². The molecule has 0 aromatic heterocycles. The van der Waals surface area contributed by atoms with Crippen molar-refractivity contribution in [1.82, 2.24) is 10.2 Å². The first-order chi connectivity index (χ1) is 8.73. The predicted molar refractivity (Wildman–Crippen MR) is 71.6 cm³/mol. The van der Waals surface area contributed by atoms with E-state index in [0.29, 0.717) is 5.92 Å². The lowest BCUT2D eigenvalue weighted by Crippen LogP contribution is -2.48. The van der Waals surface area contributed by atoms with Crippen molar-refractivity contribution in [3.63, 3.8) is 0 Å². The van der Waals surface area contributed by atoms with E-state index in [4.69, 9.17) is 4.99 Å². The van der Waals surface area contributed by atoms with Gasteiger partial charge in [0.1, 0.15) is 11.4 Å². The Balaban J connectivity index is 1.84. The number of hydrogen-bond donors (Lipinski definition) is 1. The van der Waals surface area contributed by atoms with E-state index in [0.717, 1.165) is 31.8 Å². The Labute approximate surface area is 109 Å². The van der Waals surface area contributed by atoms with Gasteiger partial charge in [-0.15, -0.1) is 0 Å². The number of piperidine rings is 1. The molecule has 2 fully saturated rings. The summed E-state index contributed by atoms with van der Waals surface area (Å²) in [6.07, 6.45) is 8.09. The van der Waals surface area contributed by atoms with Gasteiger partial charge >= 0.3 is 0 Å². The molecule has 100 valence electrons. The maximum Gasteiger partial charge on any atom is 0.255 e. The number of rotatable bonds is 1. The molecule has 4 nitrogen and oxygen atoms in total. The Morgan fingerprint density at radius 2 is 1.89 bits per heavy atom. The minimum absolute atomic E-state index is 0.240. The summed E-state index contributed by atoms with van der Waals surface area (Å²) in [5.74, 6) is 1.85. The molecule has 1 saturated carbocycles. The van der Waals surface area contributed by atoms with Gasteiger partial charge in [-0.25, -0.2) is 0 Å². The Hall–Kier alpha value is -0.900. The summed E-state index contributed by atoms with van der Waals surface area (Å²) >= 11 is 0. The van der Waals surface area contributed by atoms with Crippen LogP contribution in [0, 0.1) is 5.92 Å². The first-order valence-corrected chi connectivity index (χ1v) is 7.32. The Bertz CT molecular complexity index is 365. The van der Waals surface area contributed by atoms with Gasteiger partial charge in [0.25, 0.3) is 5.91 Å². The molecule has 0 unspecified atom stereocenters. The summed E-state index contributed by atoms with van der Waals surface area (Å²) in [6.45, 7) is 1.84. The highest BCUT2D eigenvalue weighted by Gasteiger charge is 2.48. The van der Waals surface area contributed by atoms with Crippen LogP contribution in [0.4, 0.5) is 0 Å². The third-order valence-corrected chi connectivity index (χ3v) is 4.78. The second-order valence-corrected chi connectivity index (χ2v) is 5.95. The van der Waals surface area contributed by atoms with Gasteiger partial charge in [0, 0.05) is 13.0 Å². The molecule has 18 heavy (non-hydrogen) atoms. The lowest BCUT2D eigenvalue weighted by atomic mass is 9.88. The van der Waals surface area contributed by atoms with Crippen LogP contribution in [0.1, 0.15) is 44.9 Å². The minimum atomic E-state index is -0.410. The zero-order valence-electron chi connectivity index (χ0n) is 11.2. The number of carbonyl (C=O) groups excluding carboxylic acids is 1. The molecule has 1 saturated heterocycles. The van der Waals surface area contributed by atoms with Crippen LogP contribution in [0.15, 0.2) is 4.99 Å². The molecule has 1 spiro atoms. The summed E-state index contributed by atoms with van der Waals surface area (Å²) in [4.78, 5) is 19.3. The lowest BCUT2D eigenvalue weighted by molar-refractivity contribution is -0.131. The van der Waals surface area contributed by atoms with Crippen molar-refractivity contribution >= 4 is 11.7 Å². The SMILES string of the molecule is CN1C(=O)C2(CCNCC2)N=C1C1CCCCC1. The van der Waals surface area contributed by atoms with Gasteiger partial charge in [-0.2, -0.15) is 0 Å². The standard InChI is InChI=1S/C14H23N3O/c1-17-12(11-5-3-2-4-6-11)16-14(13(17)18)7-9-15-10-8-14/h11,15H,2-10H2,1H3. The summed E-state index contributed by atoms with van der Waals surface area (Å²) in [5.41, 5.74) is -0.410. The Morgan fingerprint density at radius 3 is 2.56 bits per heavy atom. The van der Waals surface area contributed by atoms with E-state index in [1.54, 1.807) is 0 Å². The number of amides is 1. The second kappa shape index (κ2) is 4.65. The number of likely N-dealkylation sites (N-methyl/N-ethyl adjacent to an activating group) is 1. The van der Waals surface area contributed by atoms with Gasteiger partial charge in [0.05, 0.1) is 0 Å². The zero-order valence-corrected chi connectivity index (χ0v) is 11.2. The topological polar surface area (TPSA) is 44.7 Å². The number of aliphatic imine (C=N–C) groups is 1. The van der Waals surface area contributed by atoms with Crippen LogP contribution in [0.25, 0.3) is 0 Å². The number of nitrogens with one attached hydrogen (secondary N) is 1. The average molecular weight is 249 g/mol. The summed E-state index contributed by atoms with van der Waals surface area (Å²) in [6, 6.07) is 0. The van der Waals surface area contributed by atoms with Crippen LogP contribution < -0.4 is 5.32 Å². The molecule has 0 aromatic rings. The van der Waals surface area contributed by atoms with Crippen LogP contribution >= 0.6 is 0 Å². The van der Waals surface area contributed by atoms with Crippen molar-refractivity contribution in [3.8, 4) is 0 Å². The van der Waals surface area contributed by atoms with Gasteiger partial charge in [0.15, 0.2) is 0 Å². The van der Waals surface area contributed by atoms with Crippen molar-refractivity contribution in [2.45, 2.75) is 50.5 Å². The highest BCUT2D eigenvalue weighted by molar-refractivity contribution is 6.08. The Morgan fingerprint density at radius 1 is 1.22 bits per heavy atom. The fourth-order valence-electron chi connectivity index (χ4n) is 3.65. The van der Waals surface area contributed by atoms with E-state index < -0.39 is 5.54 Å². The fraction of sp³-hybridized carbons (Fsp3) is 0.857. The van der Waals surface area contributed by atoms with Crippen LogP contribution in [0.2, 0.25) is 0 Å². The molecule has 0 atom stereocenters. The van der Waals surface area contributed by atoms with Gasteiger partial charge in [0.2, 0.25) is 0 Å². The largest absolute Gasteiger partial charge is 0.317 e. The van der Waals surface area contributed by atoms with E-state index in [1.165, 1.54) is 32.1 Å². The first kappa shape index (κ1) is 12.2. The van der Waals surface area contributed by atoms with Crippen molar-refractivity contribution in [1.29, 1.82) is 0 Å². The smallest absolute Gasteiger partial charge is 0.255 e. The van der Waals surface area contributed by atoms with E-state index in [1.807, 2.05) is 11.9 Å². The third-order valence-electron chi connectivity index (χ3n) is 4.78. The monoisotopic (exact) mass is 249 g/mol. The van der Waals surface area contributed by atoms with Crippen LogP contribution in [0.5, 0.6) is 0 Å². The normalized spacial score (nSPS) is 28.8. The fourth-order valence-corrected chi connectivity index (χ4v) is 3.65. The molecule has 0 radical (unpaired) electrons. The molecular weight excluding hydrogens is 226 g/mol. The maximum atomic E-state index is 12.5.